The van der Waals surface area contributed by atoms with Crippen molar-refractivity contribution in [1.29, 1.82) is 0 Å². The van der Waals surface area contributed by atoms with Crippen LogP contribution in [0.2, 0.25) is 0 Å². The second-order valence-electron chi connectivity index (χ2n) is 2.37. The van der Waals surface area contributed by atoms with Crippen LogP contribution in [0.25, 0.3) is 0 Å². The van der Waals surface area contributed by atoms with Crippen molar-refractivity contribution in [2.75, 3.05) is 0 Å². The highest BCUT2D eigenvalue weighted by Crippen LogP contribution is 2.06. The van der Waals surface area contributed by atoms with E-state index in [0.29, 0.717) is 0 Å². The Bertz CT molecular complexity index is 269. The molecule has 1 aromatic rings. The molecule has 0 saturated carbocycles. The summed E-state index contributed by atoms with van der Waals surface area (Å²) < 4.78 is 0. The summed E-state index contributed by atoms with van der Waals surface area (Å²) >= 11 is 0. The molecule has 72 valence electrons. The lowest BCUT2D eigenvalue weighted by Gasteiger charge is -1.97. The van der Waals surface area contributed by atoms with Crippen LogP contribution in [-0.2, 0) is 0 Å². The van der Waals surface area contributed by atoms with Gasteiger partial charge >= 0.3 is 0 Å². The van der Waals surface area contributed by atoms with Crippen LogP contribution in [-0.4, -0.2) is 5.78 Å². The Labute approximate surface area is 96.9 Å². The summed E-state index contributed by atoms with van der Waals surface area (Å²) in [5, 5.41) is 0. The van der Waals surface area contributed by atoms with Crippen molar-refractivity contribution in [1.82, 2.24) is 0 Å². The van der Waals surface area contributed by atoms with Crippen LogP contribution in [0.3, 0.4) is 0 Å². The fourth-order valence-corrected chi connectivity index (χ4v) is 0.968. The zero-order valence-electron chi connectivity index (χ0n) is 8.04. The Hall–Kier alpha value is -0.640. The Morgan fingerprint density at radius 2 is 1.69 bits per heavy atom. The van der Waals surface area contributed by atoms with E-state index in [-0.39, 0.29) is 29.8 Å². The number of carbonyl (C=O) groups excluding carboxylic acids is 1. The van der Waals surface area contributed by atoms with E-state index in [0.717, 1.165) is 11.1 Å². The zero-order chi connectivity index (χ0) is 9.56. The summed E-state index contributed by atoms with van der Waals surface area (Å²) in [6.45, 7) is 9.53. The number of Topliss-reactive ketones (excluding diaryl/α,β-unsaturated/α-hetero) is 1. The largest absolute Gasteiger partial charge is 0.295 e. The minimum Gasteiger partial charge on any atom is -0.295 e. The van der Waals surface area contributed by atoms with Crippen LogP contribution in [0.5, 0.6) is 0 Å². The molecule has 0 aliphatic heterocycles. The van der Waals surface area contributed by atoms with E-state index < -0.39 is 0 Å². The fourth-order valence-electron chi connectivity index (χ4n) is 0.968. The van der Waals surface area contributed by atoms with Crippen molar-refractivity contribution < 1.29 is 4.79 Å². The zero-order valence-corrected chi connectivity index (χ0v) is 10.4. The third-order valence-corrected chi connectivity index (χ3v) is 1.52. The van der Waals surface area contributed by atoms with Gasteiger partial charge in [0.2, 0.25) is 0 Å². The van der Waals surface area contributed by atoms with Crippen molar-refractivity contribution in [2.24, 2.45) is 0 Å². The van der Waals surface area contributed by atoms with Gasteiger partial charge in [-0.2, -0.15) is 0 Å². The van der Waals surface area contributed by atoms with Crippen molar-refractivity contribution in [2.45, 2.75) is 13.8 Å². The maximum absolute atomic E-state index is 10.9. The number of halogens is 1. The Morgan fingerprint density at radius 1 is 1.23 bits per heavy atom. The molecule has 0 aliphatic rings. The summed E-state index contributed by atoms with van der Waals surface area (Å²) in [4.78, 5) is 10.9. The molecule has 0 heterocycles. The molecule has 0 unspecified atom stereocenters. The second kappa shape index (κ2) is 7.98. The molecule has 0 spiro atoms. The highest BCUT2D eigenvalue weighted by molar-refractivity contribution is 14.0. The van der Waals surface area contributed by atoms with Gasteiger partial charge in [-0.1, -0.05) is 24.3 Å². The number of aryl methyl sites for hydroxylation is 1. The van der Waals surface area contributed by atoms with E-state index in [1.54, 1.807) is 6.92 Å². The minimum absolute atomic E-state index is 0. The predicted molar refractivity (Wildman–Crippen MR) is 67.9 cm³/mol. The monoisotopic (exact) mass is 290 g/mol. The number of hydrogen-bond donors (Lipinski definition) is 0. The molecule has 1 nitrogen and oxygen atoms in total. The number of ketones is 1. The molecule has 0 amide bonds. The van der Waals surface area contributed by atoms with Crippen molar-refractivity contribution in [3.05, 3.63) is 48.6 Å². The predicted octanol–water partition coefficient (Wildman–Crippen LogP) is 3.62. The molecule has 0 N–H and O–H groups in total. The van der Waals surface area contributed by atoms with Crippen LogP contribution < -0.4 is 0 Å². The van der Waals surface area contributed by atoms with Gasteiger partial charge in [-0.3, -0.25) is 4.79 Å². The maximum Gasteiger partial charge on any atom is 0.160 e. The molecule has 13 heavy (non-hydrogen) atoms. The first kappa shape index (κ1) is 14.9. The summed E-state index contributed by atoms with van der Waals surface area (Å²) in [6, 6.07) is 7.60. The molecular formula is C11H15IO. The van der Waals surface area contributed by atoms with Crippen LogP contribution in [0.15, 0.2) is 37.4 Å². The van der Waals surface area contributed by atoms with E-state index in [2.05, 4.69) is 13.2 Å². The van der Waals surface area contributed by atoms with Gasteiger partial charge in [0.1, 0.15) is 0 Å². The fraction of sp³-hybridized carbons (Fsp3) is 0.182. The lowest BCUT2D eigenvalue weighted by atomic mass is 10.1. The van der Waals surface area contributed by atoms with Gasteiger partial charge in [0, 0.05) is 5.56 Å². The van der Waals surface area contributed by atoms with Crippen molar-refractivity contribution in [3.8, 4) is 0 Å². The van der Waals surface area contributed by atoms with Crippen molar-refractivity contribution in [3.63, 3.8) is 0 Å². The maximum atomic E-state index is 10.9. The third-order valence-electron chi connectivity index (χ3n) is 1.52. The van der Waals surface area contributed by atoms with Crippen LogP contribution in [0, 0.1) is 6.92 Å². The molecule has 0 atom stereocenters. The normalized spacial score (nSPS) is 7.54. The Balaban J connectivity index is 0. The number of hydrogen-bond acceptors (Lipinski definition) is 1. The standard InChI is InChI=1S/C9H10O.C2H4.HI/c1-7-5-3-4-6-9(7)8(2)10;1-2;/h3-6H,1-2H3;1-2H2;1H. The lowest BCUT2D eigenvalue weighted by Crippen LogP contribution is -1.93. The summed E-state index contributed by atoms with van der Waals surface area (Å²) in [6.07, 6.45) is 0. The minimum atomic E-state index is 0. The molecule has 2 heteroatoms. The van der Waals surface area contributed by atoms with E-state index in [9.17, 15) is 4.79 Å². The lowest BCUT2D eigenvalue weighted by molar-refractivity contribution is 0.101. The topological polar surface area (TPSA) is 17.1 Å². The molecule has 0 fully saturated rings. The van der Waals surface area contributed by atoms with Crippen LogP contribution in [0.4, 0.5) is 0 Å². The number of benzene rings is 1. The van der Waals surface area contributed by atoms with Crippen LogP contribution in [0.1, 0.15) is 22.8 Å². The average molecular weight is 290 g/mol. The highest BCUT2D eigenvalue weighted by Gasteiger charge is 1.99. The molecule has 0 aromatic heterocycles. The molecule has 1 rings (SSSR count). The first-order valence-corrected chi connectivity index (χ1v) is 3.78. The Morgan fingerprint density at radius 3 is 2.00 bits per heavy atom. The van der Waals surface area contributed by atoms with E-state index in [4.69, 9.17) is 0 Å². The van der Waals surface area contributed by atoms with E-state index in [1.165, 1.54) is 0 Å². The molecule has 0 saturated heterocycles. The average Bonchev–Trinajstić information content (AvgIpc) is 2.08. The van der Waals surface area contributed by atoms with Gasteiger partial charge in [0.15, 0.2) is 5.78 Å². The quantitative estimate of drug-likeness (QED) is 0.438. The third kappa shape index (κ3) is 4.83. The van der Waals surface area contributed by atoms with Gasteiger partial charge in [-0.15, -0.1) is 37.1 Å². The van der Waals surface area contributed by atoms with Gasteiger partial charge in [0.25, 0.3) is 0 Å². The second-order valence-corrected chi connectivity index (χ2v) is 2.37. The first-order valence-electron chi connectivity index (χ1n) is 3.78. The van der Waals surface area contributed by atoms with Gasteiger partial charge in [-0.25, -0.2) is 0 Å². The molecule has 0 bridgehead atoms. The SMILES string of the molecule is C=C.CC(=O)c1ccccc1C.I. The highest BCUT2D eigenvalue weighted by atomic mass is 127. The first-order chi connectivity index (χ1) is 5.72. The van der Waals surface area contributed by atoms with E-state index in [1.807, 2.05) is 31.2 Å². The van der Waals surface area contributed by atoms with Gasteiger partial charge in [-0.05, 0) is 19.4 Å². The number of carbonyl (C=O) groups is 1. The molecular weight excluding hydrogens is 275 g/mol. The summed E-state index contributed by atoms with van der Waals surface area (Å²) in [7, 11) is 0. The van der Waals surface area contributed by atoms with Gasteiger partial charge < -0.3 is 0 Å². The molecule has 0 aliphatic carbocycles. The van der Waals surface area contributed by atoms with Crippen molar-refractivity contribution >= 4 is 29.8 Å². The molecule has 1 aromatic carbocycles. The van der Waals surface area contributed by atoms with Crippen LogP contribution >= 0.6 is 24.0 Å². The van der Waals surface area contributed by atoms with Gasteiger partial charge in [0.05, 0.1) is 0 Å². The smallest absolute Gasteiger partial charge is 0.160 e. The summed E-state index contributed by atoms with van der Waals surface area (Å²) in [5.41, 5.74) is 1.87. The van der Waals surface area contributed by atoms with E-state index >= 15 is 0 Å². The Kier molecular flexibility index (Phi) is 9.12. The number of rotatable bonds is 1. The summed E-state index contributed by atoms with van der Waals surface area (Å²) in [5.74, 6) is 0.137. The molecule has 0 radical (unpaired) electrons.